The SMILES string of the molecule is CCOC(=O)C(C)(O)Cc1ccc(OCc2ccccc2)cc1. The van der Waals surface area contributed by atoms with Crippen molar-refractivity contribution in [1.29, 1.82) is 0 Å². The number of benzene rings is 2. The van der Waals surface area contributed by atoms with Crippen LogP contribution in [0.1, 0.15) is 25.0 Å². The third-order valence-electron chi connectivity index (χ3n) is 3.44. The summed E-state index contributed by atoms with van der Waals surface area (Å²) in [6, 6.07) is 17.3. The van der Waals surface area contributed by atoms with Crippen LogP contribution in [0.4, 0.5) is 0 Å². The maximum Gasteiger partial charge on any atom is 0.338 e. The molecule has 0 bridgehead atoms. The predicted molar refractivity (Wildman–Crippen MR) is 88.2 cm³/mol. The number of hydrogen-bond acceptors (Lipinski definition) is 4. The van der Waals surface area contributed by atoms with E-state index in [1.807, 2.05) is 54.6 Å². The van der Waals surface area contributed by atoms with Gasteiger partial charge in [0, 0.05) is 6.42 Å². The summed E-state index contributed by atoms with van der Waals surface area (Å²) >= 11 is 0. The Bertz CT molecular complexity index is 618. The highest BCUT2D eigenvalue weighted by atomic mass is 16.5. The molecule has 0 spiro atoms. The molecule has 0 aromatic heterocycles. The lowest BCUT2D eigenvalue weighted by molar-refractivity contribution is -0.162. The Kier molecular flexibility index (Phi) is 5.77. The minimum absolute atomic E-state index is 0.199. The summed E-state index contributed by atoms with van der Waals surface area (Å²) in [4.78, 5) is 11.7. The van der Waals surface area contributed by atoms with Gasteiger partial charge in [-0.2, -0.15) is 0 Å². The number of carbonyl (C=O) groups is 1. The zero-order chi connectivity index (χ0) is 16.7. The summed E-state index contributed by atoms with van der Waals surface area (Å²) in [5.41, 5.74) is 0.416. The summed E-state index contributed by atoms with van der Waals surface area (Å²) in [5.74, 6) is 0.137. The molecule has 4 nitrogen and oxygen atoms in total. The van der Waals surface area contributed by atoms with Crippen molar-refractivity contribution >= 4 is 5.97 Å². The van der Waals surface area contributed by atoms with Crippen LogP contribution in [0.15, 0.2) is 54.6 Å². The summed E-state index contributed by atoms with van der Waals surface area (Å²) in [6.07, 6.45) is 0.199. The molecule has 0 aliphatic heterocycles. The van der Waals surface area contributed by atoms with Crippen LogP contribution < -0.4 is 4.74 Å². The molecule has 0 heterocycles. The molecule has 0 saturated heterocycles. The van der Waals surface area contributed by atoms with Gasteiger partial charge < -0.3 is 14.6 Å². The molecule has 0 aliphatic carbocycles. The highest BCUT2D eigenvalue weighted by Gasteiger charge is 2.31. The third-order valence-corrected chi connectivity index (χ3v) is 3.44. The number of esters is 1. The Labute approximate surface area is 136 Å². The van der Waals surface area contributed by atoms with E-state index >= 15 is 0 Å². The molecule has 0 saturated carbocycles. The minimum Gasteiger partial charge on any atom is -0.489 e. The van der Waals surface area contributed by atoms with Gasteiger partial charge in [0.25, 0.3) is 0 Å². The summed E-state index contributed by atoms with van der Waals surface area (Å²) in [7, 11) is 0. The molecule has 122 valence electrons. The summed E-state index contributed by atoms with van der Waals surface area (Å²) in [5, 5.41) is 10.2. The van der Waals surface area contributed by atoms with E-state index in [1.165, 1.54) is 6.92 Å². The van der Waals surface area contributed by atoms with Crippen molar-refractivity contribution in [3.63, 3.8) is 0 Å². The Morgan fingerprint density at radius 2 is 1.70 bits per heavy atom. The second-order valence-electron chi connectivity index (χ2n) is 5.59. The van der Waals surface area contributed by atoms with Crippen LogP contribution in [0.2, 0.25) is 0 Å². The van der Waals surface area contributed by atoms with E-state index in [0.717, 1.165) is 16.9 Å². The summed E-state index contributed by atoms with van der Waals surface area (Å²) < 4.78 is 10.6. The molecule has 1 N–H and O–H groups in total. The lowest BCUT2D eigenvalue weighted by atomic mass is 9.97. The van der Waals surface area contributed by atoms with Crippen molar-refractivity contribution < 1.29 is 19.4 Å². The number of ether oxygens (including phenoxy) is 2. The second kappa shape index (κ2) is 7.79. The largest absolute Gasteiger partial charge is 0.489 e. The van der Waals surface area contributed by atoms with E-state index in [2.05, 4.69) is 0 Å². The van der Waals surface area contributed by atoms with Gasteiger partial charge in [-0.15, -0.1) is 0 Å². The van der Waals surface area contributed by atoms with Gasteiger partial charge in [-0.25, -0.2) is 4.79 Å². The van der Waals surface area contributed by atoms with Gasteiger partial charge in [0.2, 0.25) is 0 Å². The van der Waals surface area contributed by atoms with Crippen molar-refractivity contribution in [2.24, 2.45) is 0 Å². The van der Waals surface area contributed by atoms with Crippen molar-refractivity contribution in [2.75, 3.05) is 6.61 Å². The van der Waals surface area contributed by atoms with Gasteiger partial charge in [-0.05, 0) is 37.1 Å². The molecule has 0 fully saturated rings. The van der Waals surface area contributed by atoms with Crippen LogP contribution in [0.25, 0.3) is 0 Å². The zero-order valence-electron chi connectivity index (χ0n) is 13.5. The molecule has 0 radical (unpaired) electrons. The van der Waals surface area contributed by atoms with Crippen LogP contribution in [-0.2, 0) is 22.6 Å². The van der Waals surface area contributed by atoms with E-state index in [0.29, 0.717) is 6.61 Å². The first-order valence-corrected chi connectivity index (χ1v) is 7.66. The van der Waals surface area contributed by atoms with E-state index < -0.39 is 11.6 Å². The fourth-order valence-corrected chi connectivity index (χ4v) is 2.20. The van der Waals surface area contributed by atoms with Crippen molar-refractivity contribution in [1.82, 2.24) is 0 Å². The van der Waals surface area contributed by atoms with E-state index in [1.54, 1.807) is 6.92 Å². The second-order valence-corrected chi connectivity index (χ2v) is 5.59. The Hall–Kier alpha value is -2.33. The predicted octanol–water partition coefficient (Wildman–Crippen LogP) is 3.12. The lowest BCUT2D eigenvalue weighted by Crippen LogP contribution is -2.39. The zero-order valence-corrected chi connectivity index (χ0v) is 13.5. The van der Waals surface area contributed by atoms with Gasteiger partial charge in [-0.1, -0.05) is 42.5 Å². The van der Waals surface area contributed by atoms with Crippen LogP contribution in [0.5, 0.6) is 5.75 Å². The molecule has 23 heavy (non-hydrogen) atoms. The first-order chi connectivity index (χ1) is 11.0. The average molecular weight is 314 g/mol. The Balaban J connectivity index is 1.93. The van der Waals surface area contributed by atoms with Crippen molar-refractivity contribution in [2.45, 2.75) is 32.5 Å². The monoisotopic (exact) mass is 314 g/mol. The first-order valence-electron chi connectivity index (χ1n) is 7.66. The first kappa shape index (κ1) is 17.0. The molecule has 1 atom stereocenters. The van der Waals surface area contributed by atoms with Crippen LogP contribution in [0, 0.1) is 0 Å². The van der Waals surface area contributed by atoms with E-state index in [-0.39, 0.29) is 13.0 Å². The van der Waals surface area contributed by atoms with Gasteiger partial charge in [0.15, 0.2) is 5.60 Å². The molecule has 0 aliphatic rings. The van der Waals surface area contributed by atoms with Gasteiger partial charge in [0.05, 0.1) is 6.61 Å². The molecule has 1 unspecified atom stereocenters. The fraction of sp³-hybridized carbons (Fsp3) is 0.316. The minimum atomic E-state index is -1.53. The molecular formula is C19H22O4. The summed E-state index contributed by atoms with van der Waals surface area (Å²) in [6.45, 7) is 3.93. The smallest absolute Gasteiger partial charge is 0.338 e. The number of hydrogen-bond donors (Lipinski definition) is 1. The standard InChI is InChI=1S/C19H22O4/c1-3-22-18(20)19(2,21)13-15-9-11-17(12-10-15)23-14-16-7-5-4-6-8-16/h4-12,21H,3,13-14H2,1-2H3. The third kappa shape index (κ3) is 5.11. The normalized spacial score (nSPS) is 13.2. The highest BCUT2D eigenvalue weighted by Crippen LogP contribution is 2.19. The number of carbonyl (C=O) groups excluding carboxylic acids is 1. The Morgan fingerprint density at radius 3 is 2.30 bits per heavy atom. The van der Waals surface area contributed by atoms with Gasteiger partial charge in [0.1, 0.15) is 12.4 Å². The molecule has 4 heteroatoms. The van der Waals surface area contributed by atoms with E-state index in [9.17, 15) is 9.90 Å². The number of aliphatic hydroxyl groups is 1. The maximum atomic E-state index is 11.7. The Morgan fingerprint density at radius 1 is 1.04 bits per heavy atom. The average Bonchev–Trinajstić information content (AvgIpc) is 2.55. The van der Waals surface area contributed by atoms with Crippen LogP contribution in [0.3, 0.4) is 0 Å². The van der Waals surface area contributed by atoms with Crippen molar-refractivity contribution in [3.8, 4) is 5.75 Å². The fourth-order valence-electron chi connectivity index (χ4n) is 2.20. The number of rotatable bonds is 7. The van der Waals surface area contributed by atoms with E-state index in [4.69, 9.17) is 9.47 Å². The van der Waals surface area contributed by atoms with Gasteiger partial charge in [-0.3, -0.25) is 0 Å². The quantitative estimate of drug-likeness (QED) is 0.798. The van der Waals surface area contributed by atoms with Crippen LogP contribution >= 0.6 is 0 Å². The molecule has 2 aromatic carbocycles. The molecular weight excluding hydrogens is 292 g/mol. The molecule has 2 rings (SSSR count). The molecule has 2 aromatic rings. The van der Waals surface area contributed by atoms with Crippen LogP contribution in [-0.4, -0.2) is 23.3 Å². The van der Waals surface area contributed by atoms with Gasteiger partial charge >= 0.3 is 5.97 Å². The maximum absolute atomic E-state index is 11.7. The van der Waals surface area contributed by atoms with Crippen molar-refractivity contribution in [3.05, 3.63) is 65.7 Å². The highest BCUT2D eigenvalue weighted by molar-refractivity contribution is 5.79. The lowest BCUT2D eigenvalue weighted by Gasteiger charge is -2.21. The topological polar surface area (TPSA) is 55.8 Å². The molecule has 0 amide bonds.